The number of tetrazole rings is 1. The van der Waals surface area contributed by atoms with Gasteiger partial charge in [0.2, 0.25) is 0 Å². The van der Waals surface area contributed by atoms with Gasteiger partial charge in [-0.15, -0.1) is 10.2 Å². The lowest BCUT2D eigenvalue weighted by Crippen LogP contribution is -2.42. The van der Waals surface area contributed by atoms with Crippen LogP contribution in [0.5, 0.6) is 0 Å². The number of nitrogens with zero attached hydrogens (tertiary/aromatic N) is 4. The number of aromatic amines is 1. The number of fused-ring (bicyclic) bond motifs is 1. The van der Waals surface area contributed by atoms with Crippen LogP contribution in [0.15, 0.2) is 18.2 Å². The molecule has 1 aliphatic rings. The first-order valence-electron chi connectivity index (χ1n) is 6.44. The molecule has 1 aromatic carbocycles. The predicted octanol–water partition coefficient (Wildman–Crippen LogP) is 0.305. The van der Waals surface area contributed by atoms with Crippen molar-refractivity contribution in [3.05, 3.63) is 35.2 Å². The van der Waals surface area contributed by atoms with Gasteiger partial charge < -0.3 is 10.0 Å². The number of aromatic nitrogens is 4. The molecule has 1 aromatic heterocycles. The van der Waals surface area contributed by atoms with Gasteiger partial charge in [-0.25, -0.2) is 0 Å². The maximum Gasteiger partial charge on any atom is 0.264 e. The maximum atomic E-state index is 12.5. The Morgan fingerprint density at radius 2 is 2.25 bits per heavy atom. The number of H-pyrrole nitrogens is 1. The minimum absolute atomic E-state index is 0.00921. The highest BCUT2D eigenvalue weighted by molar-refractivity contribution is 6.07. The summed E-state index contributed by atoms with van der Waals surface area (Å²) in [5.41, 5.74) is 0.714. The first-order valence-corrected chi connectivity index (χ1v) is 6.44. The summed E-state index contributed by atoms with van der Waals surface area (Å²) in [6.45, 7) is 4.30. The Hall–Kier alpha value is -2.28. The van der Waals surface area contributed by atoms with Gasteiger partial charge in [-0.3, -0.25) is 4.79 Å². The van der Waals surface area contributed by atoms with Crippen molar-refractivity contribution in [2.24, 2.45) is 0 Å². The van der Waals surface area contributed by atoms with Crippen molar-refractivity contribution in [2.75, 3.05) is 11.4 Å². The molecular formula is C13H15N5O2. The zero-order valence-electron chi connectivity index (χ0n) is 11.3. The lowest BCUT2D eigenvalue weighted by molar-refractivity contribution is -0.136. The van der Waals surface area contributed by atoms with Gasteiger partial charge in [-0.2, -0.15) is 5.21 Å². The fraction of sp³-hybridized carbons (Fsp3) is 0.385. The van der Waals surface area contributed by atoms with Crippen LogP contribution in [0.3, 0.4) is 0 Å². The second kappa shape index (κ2) is 4.38. The van der Waals surface area contributed by atoms with Crippen molar-refractivity contribution >= 4 is 11.6 Å². The monoisotopic (exact) mass is 273 g/mol. The van der Waals surface area contributed by atoms with Crippen LogP contribution in [0.2, 0.25) is 0 Å². The van der Waals surface area contributed by atoms with Gasteiger partial charge in [0.25, 0.3) is 5.91 Å². The predicted molar refractivity (Wildman–Crippen MR) is 71.0 cm³/mol. The third-order valence-electron chi connectivity index (χ3n) is 3.61. The zero-order valence-corrected chi connectivity index (χ0v) is 11.3. The second-order valence-corrected chi connectivity index (χ2v) is 4.94. The average Bonchev–Trinajstić information content (AvgIpc) is 2.99. The zero-order chi connectivity index (χ0) is 14.3. The lowest BCUT2D eigenvalue weighted by atomic mass is 9.90. The van der Waals surface area contributed by atoms with Crippen LogP contribution in [0.1, 0.15) is 23.9 Å². The molecule has 7 nitrogen and oxygen atoms in total. The van der Waals surface area contributed by atoms with Crippen LogP contribution in [-0.4, -0.2) is 38.2 Å². The molecule has 0 saturated heterocycles. The Morgan fingerprint density at radius 1 is 1.45 bits per heavy atom. The van der Waals surface area contributed by atoms with Crippen molar-refractivity contribution < 1.29 is 9.90 Å². The summed E-state index contributed by atoms with van der Waals surface area (Å²) in [6.07, 6.45) is 0.00921. The molecule has 2 aromatic rings. The molecule has 2 heterocycles. The number of hydrogen-bond donors (Lipinski definition) is 2. The molecule has 0 saturated carbocycles. The van der Waals surface area contributed by atoms with Crippen molar-refractivity contribution in [1.82, 2.24) is 20.6 Å². The van der Waals surface area contributed by atoms with Gasteiger partial charge in [0, 0.05) is 12.1 Å². The van der Waals surface area contributed by atoms with Crippen molar-refractivity contribution in [2.45, 2.75) is 25.9 Å². The molecule has 7 heteroatoms. The Kier molecular flexibility index (Phi) is 2.79. The van der Waals surface area contributed by atoms with E-state index in [1.165, 1.54) is 0 Å². The number of nitrogens with one attached hydrogen (secondary N) is 1. The number of benzene rings is 1. The van der Waals surface area contributed by atoms with E-state index in [0.717, 1.165) is 11.3 Å². The molecule has 2 N–H and O–H groups in total. The van der Waals surface area contributed by atoms with Crippen molar-refractivity contribution in [1.29, 1.82) is 0 Å². The van der Waals surface area contributed by atoms with Crippen LogP contribution in [-0.2, 0) is 16.8 Å². The maximum absolute atomic E-state index is 12.5. The van der Waals surface area contributed by atoms with E-state index >= 15 is 0 Å². The minimum atomic E-state index is -1.62. The molecule has 0 spiro atoms. The molecule has 0 bridgehead atoms. The topological polar surface area (TPSA) is 95.0 Å². The van der Waals surface area contributed by atoms with Gasteiger partial charge in [0.05, 0.1) is 12.1 Å². The van der Waals surface area contributed by atoms with Crippen LogP contribution in [0, 0.1) is 6.92 Å². The van der Waals surface area contributed by atoms with Crippen molar-refractivity contribution in [3.63, 3.8) is 0 Å². The molecule has 1 atom stereocenters. The summed E-state index contributed by atoms with van der Waals surface area (Å²) in [7, 11) is 0. The minimum Gasteiger partial charge on any atom is -0.375 e. The average molecular weight is 273 g/mol. The number of likely N-dealkylation sites (N-methyl/N-ethyl adjacent to an activating group) is 1. The lowest BCUT2D eigenvalue weighted by Gasteiger charge is -2.21. The summed E-state index contributed by atoms with van der Waals surface area (Å²) in [5.74, 6) is -0.0309. The SMILES string of the molecule is CCN1C(=O)C(O)(Cc2nn[nH]n2)c2cc(C)ccc21. The highest BCUT2D eigenvalue weighted by Crippen LogP contribution is 2.42. The van der Waals surface area contributed by atoms with E-state index in [4.69, 9.17) is 0 Å². The van der Waals surface area contributed by atoms with Gasteiger partial charge in [0.15, 0.2) is 11.4 Å². The van der Waals surface area contributed by atoms with Crippen LogP contribution in [0.4, 0.5) is 5.69 Å². The Bertz CT molecular complexity index is 655. The molecule has 1 amide bonds. The molecular weight excluding hydrogens is 258 g/mol. The van der Waals surface area contributed by atoms with E-state index in [-0.39, 0.29) is 12.3 Å². The largest absolute Gasteiger partial charge is 0.375 e. The number of aliphatic hydroxyl groups is 1. The Morgan fingerprint density at radius 3 is 2.90 bits per heavy atom. The molecule has 3 rings (SSSR count). The van der Waals surface area contributed by atoms with Crippen LogP contribution < -0.4 is 4.90 Å². The third kappa shape index (κ3) is 1.70. The van der Waals surface area contributed by atoms with Crippen molar-refractivity contribution in [3.8, 4) is 0 Å². The summed E-state index contributed by atoms with van der Waals surface area (Å²) in [6, 6.07) is 5.62. The molecule has 104 valence electrons. The number of carbonyl (C=O) groups is 1. The van der Waals surface area contributed by atoms with Gasteiger partial charge in [0.1, 0.15) is 0 Å². The van der Waals surface area contributed by atoms with E-state index in [2.05, 4.69) is 20.6 Å². The third-order valence-corrected chi connectivity index (χ3v) is 3.61. The summed E-state index contributed by atoms with van der Waals surface area (Å²) in [5, 5.41) is 24.3. The first kappa shape index (κ1) is 12.7. The number of hydrogen-bond acceptors (Lipinski definition) is 5. The normalized spacial score (nSPS) is 21.4. The number of anilines is 1. The van der Waals surface area contributed by atoms with E-state index < -0.39 is 5.60 Å². The fourth-order valence-electron chi connectivity index (χ4n) is 2.64. The van der Waals surface area contributed by atoms with Gasteiger partial charge in [-0.1, -0.05) is 22.9 Å². The number of rotatable bonds is 3. The smallest absolute Gasteiger partial charge is 0.264 e. The molecule has 1 unspecified atom stereocenters. The standard InChI is InChI=1S/C13H15N5O2/c1-3-18-10-5-4-8(2)6-9(10)13(20,12(18)19)7-11-14-16-17-15-11/h4-6,20H,3,7H2,1-2H3,(H,14,15,16,17). The van der Waals surface area contributed by atoms with E-state index in [1.54, 1.807) is 4.90 Å². The number of aryl methyl sites for hydroxylation is 1. The molecule has 0 aliphatic carbocycles. The second-order valence-electron chi connectivity index (χ2n) is 4.94. The summed E-state index contributed by atoms with van der Waals surface area (Å²) >= 11 is 0. The highest BCUT2D eigenvalue weighted by Gasteiger charge is 2.50. The summed E-state index contributed by atoms with van der Waals surface area (Å²) < 4.78 is 0. The summed E-state index contributed by atoms with van der Waals surface area (Å²) in [4.78, 5) is 14.1. The number of amides is 1. The van der Waals surface area contributed by atoms with E-state index in [9.17, 15) is 9.90 Å². The fourth-order valence-corrected chi connectivity index (χ4v) is 2.64. The Balaban J connectivity index is 2.11. The number of carbonyl (C=O) groups excluding carboxylic acids is 1. The van der Waals surface area contributed by atoms with Crippen LogP contribution >= 0.6 is 0 Å². The molecule has 0 radical (unpaired) electrons. The molecule has 20 heavy (non-hydrogen) atoms. The molecule has 0 fully saturated rings. The first-order chi connectivity index (χ1) is 9.56. The van der Waals surface area contributed by atoms with Gasteiger partial charge in [-0.05, 0) is 19.9 Å². The highest BCUT2D eigenvalue weighted by atomic mass is 16.3. The molecule has 1 aliphatic heterocycles. The van der Waals surface area contributed by atoms with E-state index in [1.807, 2.05) is 32.0 Å². The van der Waals surface area contributed by atoms with Crippen LogP contribution in [0.25, 0.3) is 0 Å². The Labute approximate surface area is 115 Å². The van der Waals surface area contributed by atoms with Gasteiger partial charge >= 0.3 is 0 Å². The quantitative estimate of drug-likeness (QED) is 0.839. The van der Waals surface area contributed by atoms with E-state index in [0.29, 0.717) is 17.9 Å².